The Kier molecular flexibility index (Phi) is 4.43. The molecule has 2 N–H and O–H groups in total. The first-order chi connectivity index (χ1) is 11.7. The van der Waals surface area contributed by atoms with E-state index in [0.29, 0.717) is 18.9 Å². The summed E-state index contributed by atoms with van der Waals surface area (Å²) in [7, 11) is 0. The zero-order valence-corrected chi connectivity index (χ0v) is 13.3. The molecule has 0 fully saturated rings. The fourth-order valence-electron chi connectivity index (χ4n) is 2.56. The predicted molar refractivity (Wildman–Crippen MR) is 93.2 cm³/mol. The highest BCUT2D eigenvalue weighted by atomic mass is 16.1. The number of nitrogens with one attached hydrogen (secondary N) is 2. The Labute approximate surface area is 139 Å². The third kappa shape index (κ3) is 3.36. The summed E-state index contributed by atoms with van der Waals surface area (Å²) < 4.78 is 2.03. The summed E-state index contributed by atoms with van der Waals surface area (Å²) in [6.07, 6.45) is 7.32. The van der Waals surface area contributed by atoms with E-state index in [1.807, 2.05) is 42.0 Å². The number of anilines is 1. The molecule has 0 unspecified atom stereocenters. The number of rotatable bonds is 5. The van der Waals surface area contributed by atoms with Crippen molar-refractivity contribution in [2.45, 2.75) is 19.9 Å². The fourth-order valence-corrected chi connectivity index (χ4v) is 2.56. The van der Waals surface area contributed by atoms with Gasteiger partial charge in [-0.2, -0.15) is 5.26 Å². The standard InChI is InChI=1S/C18H17N5O/c1-13-11-20-18(21-13)22-17(24)8-7-14-12-23(10-4-9-19)16-6-3-2-5-15(14)16/h2-3,5-8,11-12H,4,10H2,1H3,(H2,20,21,22,24)/b8-7+. The van der Waals surface area contributed by atoms with Crippen LogP contribution < -0.4 is 5.32 Å². The largest absolute Gasteiger partial charge is 0.346 e. The Morgan fingerprint density at radius 2 is 2.29 bits per heavy atom. The van der Waals surface area contributed by atoms with E-state index >= 15 is 0 Å². The van der Waals surface area contributed by atoms with Crippen LogP contribution in [0.5, 0.6) is 0 Å². The van der Waals surface area contributed by atoms with E-state index in [-0.39, 0.29) is 5.91 Å². The molecular formula is C18H17N5O. The number of para-hydroxylation sites is 1. The van der Waals surface area contributed by atoms with Gasteiger partial charge in [0.25, 0.3) is 5.91 Å². The molecule has 24 heavy (non-hydrogen) atoms. The number of carbonyl (C=O) groups excluding carboxylic acids is 1. The average Bonchev–Trinajstić information content (AvgIpc) is 3.15. The molecule has 0 radical (unpaired) electrons. The number of carbonyl (C=O) groups is 1. The lowest BCUT2D eigenvalue weighted by Gasteiger charge is -2.00. The van der Waals surface area contributed by atoms with Crippen LogP contribution in [0.3, 0.4) is 0 Å². The van der Waals surface area contributed by atoms with Crippen LogP contribution >= 0.6 is 0 Å². The molecule has 3 rings (SSSR count). The van der Waals surface area contributed by atoms with Crippen LogP contribution in [-0.4, -0.2) is 20.4 Å². The highest BCUT2D eigenvalue weighted by Crippen LogP contribution is 2.22. The SMILES string of the molecule is Cc1cnc(NC(=O)/C=C/c2cn(CCC#N)c3ccccc23)[nH]1. The van der Waals surface area contributed by atoms with Gasteiger partial charge in [-0.3, -0.25) is 10.1 Å². The Morgan fingerprint density at radius 1 is 1.46 bits per heavy atom. The van der Waals surface area contributed by atoms with Gasteiger partial charge in [-0.1, -0.05) is 18.2 Å². The molecule has 0 aliphatic rings. The smallest absolute Gasteiger partial charge is 0.250 e. The van der Waals surface area contributed by atoms with E-state index in [9.17, 15) is 4.79 Å². The van der Waals surface area contributed by atoms with Crippen molar-refractivity contribution in [3.8, 4) is 6.07 Å². The molecule has 1 amide bonds. The summed E-state index contributed by atoms with van der Waals surface area (Å²) in [5.41, 5.74) is 2.87. The second-order valence-electron chi connectivity index (χ2n) is 5.44. The summed E-state index contributed by atoms with van der Waals surface area (Å²) in [5.74, 6) is 0.178. The van der Waals surface area contributed by atoms with Gasteiger partial charge in [-0.05, 0) is 19.1 Å². The Hall–Kier alpha value is -3.33. The number of benzene rings is 1. The van der Waals surface area contributed by atoms with Crippen molar-refractivity contribution >= 4 is 28.8 Å². The monoisotopic (exact) mass is 319 g/mol. The second kappa shape index (κ2) is 6.84. The molecule has 1 aromatic carbocycles. The number of hydrogen-bond donors (Lipinski definition) is 2. The van der Waals surface area contributed by atoms with Crippen molar-refractivity contribution in [2.75, 3.05) is 5.32 Å². The maximum atomic E-state index is 12.0. The Bertz CT molecular complexity index is 942. The van der Waals surface area contributed by atoms with Crippen LogP contribution in [0.2, 0.25) is 0 Å². The number of amides is 1. The highest BCUT2D eigenvalue weighted by molar-refractivity contribution is 6.02. The topological polar surface area (TPSA) is 86.5 Å². The lowest BCUT2D eigenvalue weighted by Crippen LogP contribution is -2.08. The zero-order valence-electron chi connectivity index (χ0n) is 13.3. The maximum absolute atomic E-state index is 12.0. The summed E-state index contributed by atoms with van der Waals surface area (Å²) >= 11 is 0. The molecule has 3 aromatic rings. The van der Waals surface area contributed by atoms with Crippen molar-refractivity contribution in [1.29, 1.82) is 5.26 Å². The van der Waals surface area contributed by atoms with Crippen molar-refractivity contribution in [3.63, 3.8) is 0 Å². The zero-order chi connectivity index (χ0) is 16.9. The van der Waals surface area contributed by atoms with Gasteiger partial charge in [-0.15, -0.1) is 0 Å². The number of imidazole rings is 1. The van der Waals surface area contributed by atoms with Gasteiger partial charge in [0.1, 0.15) is 0 Å². The van der Waals surface area contributed by atoms with Crippen LogP contribution in [0.25, 0.3) is 17.0 Å². The first-order valence-corrected chi connectivity index (χ1v) is 7.63. The summed E-state index contributed by atoms with van der Waals surface area (Å²) in [6.45, 7) is 2.50. The van der Waals surface area contributed by atoms with E-state index in [2.05, 4.69) is 21.4 Å². The van der Waals surface area contributed by atoms with Gasteiger partial charge in [0.05, 0.1) is 12.5 Å². The van der Waals surface area contributed by atoms with Crippen molar-refractivity contribution in [3.05, 3.63) is 54.0 Å². The van der Waals surface area contributed by atoms with Crippen molar-refractivity contribution in [2.24, 2.45) is 0 Å². The summed E-state index contributed by atoms with van der Waals surface area (Å²) in [4.78, 5) is 19.0. The van der Waals surface area contributed by atoms with Gasteiger partial charge in [-0.25, -0.2) is 4.98 Å². The van der Waals surface area contributed by atoms with Crippen LogP contribution in [-0.2, 0) is 11.3 Å². The second-order valence-corrected chi connectivity index (χ2v) is 5.44. The number of hydrogen-bond acceptors (Lipinski definition) is 3. The van der Waals surface area contributed by atoms with Gasteiger partial charge < -0.3 is 9.55 Å². The molecule has 120 valence electrons. The minimum absolute atomic E-state index is 0.252. The molecule has 0 aliphatic heterocycles. The molecule has 0 saturated heterocycles. The van der Waals surface area contributed by atoms with Gasteiger partial charge in [0.15, 0.2) is 0 Å². The number of aryl methyl sites for hydroxylation is 2. The van der Waals surface area contributed by atoms with Gasteiger partial charge >= 0.3 is 0 Å². The number of aromatic amines is 1. The third-order valence-electron chi connectivity index (χ3n) is 3.64. The van der Waals surface area contributed by atoms with Crippen LogP contribution in [0.1, 0.15) is 17.7 Å². The number of fused-ring (bicyclic) bond motifs is 1. The van der Waals surface area contributed by atoms with E-state index < -0.39 is 0 Å². The summed E-state index contributed by atoms with van der Waals surface area (Å²) in [6, 6.07) is 10.1. The number of H-pyrrole nitrogens is 1. The highest BCUT2D eigenvalue weighted by Gasteiger charge is 2.06. The van der Waals surface area contributed by atoms with Crippen molar-refractivity contribution < 1.29 is 4.79 Å². The van der Waals surface area contributed by atoms with Crippen LogP contribution in [0.4, 0.5) is 5.95 Å². The minimum Gasteiger partial charge on any atom is -0.346 e. The predicted octanol–water partition coefficient (Wildman–Crippen LogP) is 3.24. The molecule has 6 heteroatoms. The van der Waals surface area contributed by atoms with E-state index in [1.54, 1.807) is 12.3 Å². The van der Waals surface area contributed by atoms with Crippen LogP contribution in [0, 0.1) is 18.3 Å². The van der Waals surface area contributed by atoms with E-state index in [1.165, 1.54) is 6.08 Å². The maximum Gasteiger partial charge on any atom is 0.250 e. The minimum atomic E-state index is -0.252. The average molecular weight is 319 g/mol. The quantitative estimate of drug-likeness (QED) is 0.708. The normalized spacial score (nSPS) is 11.0. The number of aromatic nitrogens is 3. The Balaban J connectivity index is 1.81. The molecule has 0 bridgehead atoms. The van der Waals surface area contributed by atoms with Crippen molar-refractivity contribution in [1.82, 2.24) is 14.5 Å². The molecule has 2 heterocycles. The van der Waals surface area contributed by atoms with Crippen LogP contribution in [0.15, 0.2) is 42.7 Å². The Morgan fingerprint density at radius 3 is 3.04 bits per heavy atom. The third-order valence-corrected chi connectivity index (χ3v) is 3.64. The molecule has 0 aliphatic carbocycles. The van der Waals surface area contributed by atoms with E-state index in [0.717, 1.165) is 22.2 Å². The first kappa shape index (κ1) is 15.6. The van der Waals surface area contributed by atoms with Gasteiger partial charge in [0.2, 0.25) is 5.95 Å². The molecule has 0 saturated carbocycles. The summed E-state index contributed by atoms with van der Waals surface area (Å²) in [5, 5.41) is 12.5. The number of nitriles is 1. The lowest BCUT2D eigenvalue weighted by molar-refractivity contribution is -0.111. The molecular weight excluding hydrogens is 302 g/mol. The van der Waals surface area contributed by atoms with E-state index in [4.69, 9.17) is 5.26 Å². The molecule has 6 nitrogen and oxygen atoms in total. The molecule has 2 aromatic heterocycles. The first-order valence-electron chi connectivity index (χ1n) is 7.63. The molecule has 0 atom stereocenters. The van der Waals surface area contributed by atoms with Gasteiger partial charge in [0, 0.05) is 47.2 Å². The fraction of sp³-hybridized carbons (Fsp3) is 0.167. The lowest BCUT2D eigenvalue weighted by atomic mass is 10.1. The molecule has 0 spiro atoms. The number of nitrogens with zero attached hydrogens (tertiary/aromatic N) is 3.